The molecule has 2 saturated heterocycles. The summed E-state index contributed by atoms with van der Waals surface area (Å²) in [5.74, 6) is -1.67. The first-order valence-corrected chi connectivity index (χ1v) is 7.85. The second kappa shape index (κ2) is 5.30. The number of benzene rings is 1. The lowest BCUT2D eigenvalue weighted by molar-refractivity contribution is -0.137. The topological polar surface area (TPSA) is 17.1 Å². The summed E-state index contributed by atoms with van der Waals surface area (Å²) < 4.78 is 51.4. The van der Waals surface area contributed by atoms with Gasteiger partial charge in [-0.15, -0.1) is 0 Å². The number of hydrogen-bond acceptors (Lipinski definition) is 2. The van der Waals surface area contributed by atoms with Crippen LogP contribution in [0.25, 0.3) is 0 Å². The van der Waals surface area contributed by atoms with E-state index in [2.05, 4.69) is 0 Å². The Morgan fingerprint density at radius 1 is 1.14 bits per heavy atom. The van der Waals surface area contributed by atoms with Gasteiger partial charge in [0.05, 0.1) is 11.1 Å². The Kier molecular flexibility index (Phi) is 3.76. The summed E-state index contributed by atoms with van der Waals surface area (Å²) in [6.07, 6.45) is -1.02. The van der Waals surface area contributed by atoms with E-state index in [1.165, 1.54) is 0 Å². The number of carbonyl (C=O) groups is 1. The van der Waals surface area contributed by atoms with E-state index in [0.717, 1.165) is 25.0 Å². The van der Waals surface area contributed by atoms with Crippen molar-refractivity contribution in [3.63, 3.8) is 0 Å². The van der Waals surface area contributed by atoms with Gasteiger partial charge >= 0.3 is 6.18 Å². The first-order valence-electron chi connectivity index (χ1n) is 6.91. The Morgan fingerprint density at radius 3 is 2.29 bits per heavy atom. The molecule has 0 radical (unpaired) electrons. The number of carbonyl (C=O) groups excluding carboxylic acids is 1. The molecule has 1 aromatic carbocycles. The first-order chi connectivity index (χ1) is 9.84. The fourth-order valence-electron chi connectivity index (χ4n) is 3.18. The minimum atomic E-state index is -4.59. The Labute approximate surface area is 124 Å². The SMILES string of the molecule is O=C(c1ccc(C(F)(F)F)cc1F)C1CC2CCC(C1)S2. The molecule has 2 atom stereocenters. The van der Waals surface area contributed by atoms with Crippen molar-refractivity contribution in [3.8, 4) is 0 Å². The second-order valence-electron chi connectivity index (χ2n) is 5.68. The minimum absolute atomic E-state index is 0.209. The number of fused-ring (bicyclic) bond motifs is 2. The average molecular weight is 318 g/mol. The molecule has 1 nitrogen and oxygen atoms in total. The van der Waals surface area contributed by atoms with Gasteiger partial charge in [-0.2, -0.15) is 24.9 Å². The molecule has 0 saturated carbocycles. The fraction of sp³-hybridized carbons (Fsp3) is 0.533. The predicted molar refractivity (Wildman–Crippen MR) is 72.9 cm³/mol. The van der Waals surface area contributed by atoms with Crippen LogP contribution in [-0.4, -0.2) is 16.3 Å². The van der Waals surface area contributed by atoms with Crippen LogP contribution in [0.15, 0.2) is 18.2 Å². The van der Waals surface area contributed by atoms with Gasteiger partial charge in [0.1, 0.15) is 5.82 Å². The highest BCUT2D eigenvalue weighted by molar-refractivity contribution is 8.00. The van der Waals surface area contributed by atoms with E-state index in [4.69, 9.17) is 0 Å². The van der Waals surface area contributed by atoms with E-state index in [1.54, 1.807) is 0 Å². The number of Topliss-reactive ketones (excluding diaryl/α,β-unsaturated/α-hetero) is 1. The molecule has 0 aromatic heterocycles. The summed E-state index contributed by atoms with van der Waals surface area (Å²) in [6, 6.07) is 2.17. The Balaban J connectivity index is 1.82. The van der Waals surface area contributed by atoms with Gasteiger partial charge in [0.2, 0.25) is 0 Å². The summed E-state index contributed by atoms with van der Waals surface area (Å²) >= 11 is 1.88. The number of thioether (sulfide) groups is 1. The molecular weight excluding hydrogens is 304 g/mol. The van der Waals surface area contributed by atoms with Crippen LogP contribution >= 0.6 is 11.8 Å². The molecular formula is C15H14F4OS. The zero-order valence-corrected chi connectivity index (χ0v) is 11.9. The molecule has 2 bridgehead atoms. The van der Waals surface area contributed by atoms with Gasteiger partial charge in [0, 0.05) is 16.4 Å². The third-order valence-corrected chi connectivity index (χ3v) is 5.85. The largest absolute Gasteiger partial charge is 0.416 e. The average Bonchev–Trinajstić information content (AvgIpc) is 2.75. The van der Waals surface area contributed by atoms with Crippen molar-refractivity contribution >= 4 is 17.5 Å². The van der Waals surface area contributed by atoms with Crippen molar-refractivity contribution in [1.29, 1.82) is 0 Å². The van der Waals surface area contributed by atoms with E-state index in [-0.39, 0.29) is 17.3 Å². The summed E-state index contributed by atoms with van der Waals surface area (Å²) in [7, 11) is 0. The lowest BCUT2D eigenvalue weighted by Gasteiger charge is -2.26. The lowest BCUT2D eigenvalue weighted by atomic mass is 9.90. The predicted octanol–water partition coefficient (Wildman–Crippen LogP) is 4.70. The number of ketones is 1. The molecule has 6 heteroatoms. The maximum atomic E-state index is 13.9. The van der Waals surface area contributed by atoms with E-state index in [1.807, 2.05) is 11.8 Å². The van der Waals surface area contributed by atoms with Crippen LogP contribution in [0.4, 0.5) is 17.6 Å². The van der Waals surface area contributed by atoms with Gasteiger partial charge in [0.25, 0.3) is 0 Å². The number of hydrogen-bond donors (Lipinski definition) is 0. The van der Waals surface area contributed by atoms with Crippen LogP contribution in [0.3, 0.4) is 0 Å². The third kappa shape index (κ3) is 2.96. The molecule has 2 heterocycles. The molecule has 1 aromatic rings. The second-order valence-corrected chi connectivity index (χ2v) is 7.29. The lowest BCUT2D eigenvalue weighted by Crippen LogP contribution is -2.25. The molecule has 0 spiro atoms. The van der Waals surface area contributed by atoms with E-state index in [9.17, 15) is 22.4 Å². The highest BCUT2D eigenvalue weighted by Crippen LogP contribution is 2.46. The Bertz CT molecular complexity index is 557. The number of rotatable bonds is 2. The highest BCUT2D eigenvalue weighted by Gasteiger charge is 2.39. The van der Waals surface area contributed by atoms with Crippen molar-refractivity contribution in [2.75, 3.05) is 0 Å². The van der Waals surface area contributed by atoms with Crippen LogP contribution in [-0.2, 0) is 6.18 Å². The van der Waals surface area contributed by atoms with Crippen molar-refractivity contribution in [3.05, 3.63) is 35.1 Å². The quantitative estimate of drug-likeness (QED) is 0.581. The van der Waals surface area contributed by atoms with E-state index in [0.29, 0.717) is 29.4 Å². The molecule has 0 N–H and O–H groups in total. The monoisotopic (exact) mass is 318 g/mol. The molecule has 21 heavy (non-hydrogen) atoms. The van der Waals surface area contributed by atoms with Crippen LogP contribution < -0.4 is 0 Å². The fourth-order valence-corrected chi connectivity index (χ4v) is 4.96. The van der Waals surface area contributed by atoms with Crippen molar-refractivity contribution in [1.82, 2.24) is 0 Å². The van der Waals surface area contributed by atoms with Gasteiger partial charge in [-0.25, -0.2) is 4.39 Å². The van der Waals surface area contributed by atoms with Crippen molar-refractivity contribution in [2.24, 2.45) is 5.92 Å². The molecule has 0 aliphatic carbocycles. The normalized spacial score (nSPS) is 28.7. The number of halogens is 4. The third-order valence-electron chi connectivity index (χ3n) is 4.22. The Morgan fingerprint density at radius 2 is 1.76 bits per heavy atom. The minimum Gasteiger partial charge on any atom is -0.294 e. The standard InChI is InChI=1S/C15H14F4OS/c16-13-7-9(15(17,18)19)1-4-12(13)14(20)8-5-10-2-3-11(6-8)21-10/h1,4,7-8,10-11H,2-3,5-6H2. The van der Waals surface area contributed by atoms with Crippen LogP contribution in [0.1, 0.15) is 41.6 Å². The van der Waals surface area contributed by atoms with Gasteiger partial charge in [0.15, 0.2) is 5.78 Å². The van der Waals surface area contributed by atoms with E-state index >= 15 is 0 Å². The first kappa shape index (κ1) is 14.9. The van der Waals surface area contributed by atoms with Crippen LogP contribution in [0, 0.1) is 11.7 Å². The smallest absolute Gasteiger partial charge is 0.294 e. The van der Waals surface area contributed by atoms with E-state index < -0.39 is 17.6 Å². The summed E-state index contributed by atoms with van der Waals surface area (Å²) in [6.45, 7) is 0. The maximum absolute atomic E-state index is 13.9. The van der Waals surface area contributed by atoms with Crippen LogP contribution in [0.5, 0.6) is 0 Å². The maximum Gasteiger partial charge on any atom is 0.416 e. The highest BCUT2D eigenvalue weighted by atomic mass is 32.2. The molecule has 2 unspecified atom stereocenters. The van der Waals surface area contributed by atoms with Gasteiger partial charge in [-0.1, -0.05) is 0 Å². The van der Waals surface area contributed by atoms with Gasteiger partial charge in [-0.3, -0.25) is 4.79 Å². The molecule has 2 fully saturated rings. The molecule has 2 aliphatic rings. The van der Waals surface area contributed by atoms with Gasteiger partial charge in [-0.05, 0) is 43.9 Å². The molecule has 3 rings (SSSR count). The summed E-state index contributed by atoms with van der Waals surface area (Å²) in [5.41, 5.74) is -1.27. The Hall–Kier alpha value is -1.04. The number of alkyl halides is 3. The van der Waals surface area contributed by atoms with Crippen LogP contribution in [0.2, 0.25) is 0 Å². The molecule has 114 valence electrons. The molecule has 0 amide bonds. The molecule has 2 aliphatic heterocycles. The summed E-state index contributed by atoms with van der Waals surface area (Å²) in [4.78, 5) is 12.4. The van der Waals surface area contributed by atoms with Crippen molar-refractivity contribution < 1.29 is 22.4 Å². The van der Waals surface area contributed by atoms with Gasteiger partial charge < -0.3 is 0 Å². The zero-order valence-electron chi connectivity index (χ0n) is 11.1. The zero-order chi connectivity index (χ0) is 15.2. The van der Waals surface area contributed by atoms with Crippen molar-refractivity contribution in [2.45, 2.75) is 42.4 Å². The summed E-state index contributed by atoms with van der Waals surface area (Å²) in [5, 5.41) is 0.880.